The van der Waals surface area contributed by atoms with Gasteiger partial charge < -0.3 is 10.2 Å². The van der Waals surface area contributed by atoms with Crippen LogP contribution in [0.4, 0.5) is 10.5 Å². The fraction of sp³-hybridized carbons (Fsp3) is 0.400. The molecule has 0 spiro atoms. The molecule has 1 fully saturated rings. The van der Waals surface area contributed by atoms with E-state index in [0.29, 0.717) is 6.04 Å². The molecule has 0 atom stereocenters. The molecule has 4 rings (SSSR count). The molecule has 5 heteroatoms. The molecule has 5 nitrogen and oxygen atoms in total. The van der Waals surface area contributed by atoms with Gasteiger partial charge in [-0.3, -0.25) is 9.88 Å². The smallest absolute Gasteiger partial charge is 0.321 e. The maximum atomic E-state index is 12.7. The lowest BCUT2D eigenvalue weighted by Gasteiger charge is -2.36. The van der Waals surface area contributed by atoms with Crippen LogP contribution >= 0.6 is 0 Å². The molecule has 3 heterocycles. The molecule has 1 saturated heterocycles. The van der Waals surface area contributed by atoms with Crippen LogP contribution in [0.25, 0.3) is 10.9 Å². The summed E-state index contributed by atoms with van der Waals surface area (Å²) in [4.78, 5) is 21.6. The lowest BCUT2D eigenvalue weighted by molar-refractivity contribution is 0.144. The second-order valence-electron chi connectivity index (χ2n) is 6.96. The number of amides is 2. The lowest BCUT2D eigenvalue weighted by Crippen LogP contribution is -2.47. The summed E-state index contributed by atoms with van der Waals surface area (Å²) in [6.45, 7) is 5.77. The van der Waals surface area contributed by atoms with E-state index < -0.39 is 0 Å². The van der Waals surface area contributed by atoms with Crippen molar-refractivity contribution in [2.45, 2.75) is 25.8 Å². The molecule has 1 N–H and O–H groups in total. The quantitative estimate of drug-likeness (QED) is 0.855. The van der Waals surface area contributed by atoms with Gasteiger partial charge in [0.1, 0.15) is 0 Å². The number of piperidine rings is 1. The highest BCUT2D eigenvalue weighted by atomic mass is 16.2. The number of hydrogen-bond donors (Lipinski definition) is 1. The Hall–Kier alpha value is -2.40. The Bertz CT molecular complexity index is 800. The summed E-state index contributed by atoms with van der Waals surface area (Å²) in [5, 5.41) is 4.13. The summed E-state index contributed by atoms with van der Waals surface area (Å²) in [5.41, 5.74) is 2.77. The van der Waals surface area contributed by atoms with Gasteiger partial charge in [-0.25, -0.2) is 4.79 Å². The van der Waals surface area contributed by atoms with Crippen molar-refractivity contribution in [3.05, 3.63) is 48.2 Å². The van der Waals surface area contributed by atoms with Crippen LogP contribution in [0.2, 0.25) is 0 Å². The summed E-state index contributed by atoms with van der Waals surface area (Å²) in [6.07, 6.45) is 8.32. The Kier molecular flexibility index (Phi) is 4.40. The van der Waals surface area contributed by atoms with E-state index in [1.165, 1.54) is 0 Å². The lowest BCUT2D eigenvalue weighted by atomic mass is 10.0. The molecule has 1 aromatic carbocycles. The number of anilines is 1. The number of likely N-dealkylation sites (tertiary alicyclic amines) is 1. The topological polar surface area (TPSA) is 48.5 Å². The van der Waals surface area contributed by atoms with Crippen LogP contribution in [0.15, 0.2) is 42.6 Å². The molecule has 2 aromatic rings. The second kappa shape index (κ2) is 6.84. The third-order valence-electron chi connectivity index (χ3n) is 5.21. The maximum Gasteiger partial charge on any atom is 0.321 e. The molecule has 2 amide bonds. The molecule has 1 aromatic heterocycles. The van der Waals surface area contributed by atoms with E-state index in [1.54, 1.807) is 6.20 Å². The molecular formula is C20H24N4O. The highest BCUT2D eigenvalue weighted by Gasteiger charge is 2.27. The van der Waals surface area contributed by atoms with E-state index in [1.807, 2.05) is 30.0 Å². The third kappa shape index (κ3) is 3.37. The molecule has 0 unspecified atom stereocenters. The zero-order chi connectivity index (χ0) is 17.2. The monoisotopic (exact) mass is 336 g/mol. The molecular weight excluding hydrogens is 312 g/mol. The molecule has 2 aliphatic rings. The van der Waals surface area contributed by atoms with Crippen LogP contribution in [0.5, 0.6) is 0 Å². The van der Waals surface area contributed by atoms with Gasteiger partial charge in [0.15, 0.2) is 0 Å². The van der Waals surface area contributed by atoms with E-state index in [4.69, 9.17) is 0 Å². The number of urea groups is 1. The van der Waals surface area contributed by atoms with Gasteiger partial charge in [0, 0.05) is 43.8 Å². The molecule has 25 heavy (non-hydrogen) atoms. The largest absolute Gasteiger partial charge is 0.324 e. The van der Waals surface area contributed by atoms with Gasteiger partial charge in [0.2, 0.25) is 0 Å². The minimum Gasteiger partial charge on any atom is -0.324 e. The van der Waals surface area contributed by atoms with Crippen LogP contribution in [0, 0.1) is 6.92 Å². The highest BCUT2D eigenvalue weighted by molar-refractivity contribution is 6.00. The van der Waals surface area contributed by atoms with Crippen molar-refractivity contribution in [1.82, 2.24) is 14.8 Å². The number of fused-ring (bicyclic) bond motifs is 1. The number of aromatic nitrogens is 1. The van der Waals surface area contributed by atoms with Crippen LogP contribution in [0.3, 0.4) is 0 Å². The number of carbonyl (C=O) groups excluding carboxylic acids is 1. The number of rotatable bonds is 2. The predicted octanol–water partition coefficient (Wildman–Crippen LogP) is 3.41. The molecule has 0 bridgehead atoms. The van der Waals surface area contributed by atoms with Crippen molar-refractivity contribution >= 4 is 22.6 Å². The Labute approximate surface area is 148 Å². The van der Waals surface area contributed by atoms with Gasteiger partial charge in [-0.05, 0) is 43.5 Å². The minimum atomic E-state index is -0.0180. The van der Waals surface area contributed by atoms with Crippen LogP contribution < -0.4 is 5.32 Å². The summed E-state index contributed by atoms with van der Waals surface area (Å²) >= 11 is 0. The van der Waals surface area contributed by atoms with Crippen molar-refractivity contribution in [2.75, 3.05) is 31.5 Å². The summed E-state index contributed by atoms with van der Waals surface area (Å²) < 4.78 is 0. The predicted molar refractivity (Wildman–Crippen MR) is 101 cm³/mol. The maximum absolute atomic E-state index is 12.7. The van der Waals surface area contributed by atoms with E-state index in [-0.39, 0.29) is 6.03 Å². The average molecular weight is 336 g/mol. The van der Waals surface area contributed by atoms with Gasteiger partial charge in [0.25, 0.3) is 0 Å². The fourth-order valence-electron chi connectivity index (χ4n) is 3.86. The van der Waals surface area contributed by atoms with Crippen LogP contribution in [-0.4, -0.2) is 53.0 Å². The summed E-state index contributed by atoms with van der Waals surface area (Å²) in [7, 11) is 0. The minimum absolute atomic E-state index is 0.0180. The number of benzene rings is 1. The van der Waals surface area contributed by atoms with Crippen molar-refractivity contribution in [2.24, 2.45) is 0 Å². The Morgan fingerprint density at radius 3 is 2.72 bits per heavy atom. The van der Waals surface area contributed by atoms with Crippen molar-refractivity contribution in [3.63, 3.8) is 0 Å². The van der Waals surface area contributed by atoms with Crippen molar-refractivity contribution in [1.29, 1.82) is 0 Å². The first kappa shape index (κ1) is 16.1. The fourth-order valence-corrected chi connectivity index (χ4v) is 3.86. The summed E-state index contributed by atoms with van der Waals surface area (Å²) in [5.74, 6) is 0. The number of nitrogens with one attached hydrogen (secondary N) is 1. The van der Waals surface area contributed by atoms with Gasteiger partial charge in [-0.1, -0.05) is 18.2 Å². The zero-order valence-corrected chi connectivity index (χ0v) is 14.6. The first-order valence-electron chi connectivity index (χ1n) is 9.01. The zero-order valence-electron chi connectivity index (χ0n) is 14.6. The summed E-state index contributed by atoms with van der Waals surface area (Å²) in [6, 6.07) is 8.62. The van der Waals surface area contributed by atoms with Crippen molar-refractivity contribution in [3.8, 4) is 0 Å². The standard InChI is InChI=1S/C20H24N4O/c1-15-13-16-5-4-8-21-19(16)18(14-15)22-20(25)24-11-6-17(7-12-24)23-9-2-3-10-23/h2-5,8,13-14,17H,6-7,9-12H2,1H3,(H,22,25). The molecule has 0 radical (unpaired) electrons. The Morgan fingerprint density at radius 2 is 1.96 bits per heavy atom. The Balaban J connectivity index is 1.43. The average Bonchev–Trinajstić information content (AvgIpc) is 3.16. The van der Waals surface area contributed by atoms with Crippen molar-refractivity contribution < 1.29 is 4.79 Å². The number of carbonyl (C=O) groups is 1. The van der Waals surface area contributed by atoms with E-state index in [9.17, 15) is 4.79 Å². The first-order chi connectivity index (χ1) is 12.2. The van der Waals surface area contributed by atoms with Gasteiger partial charge >= 0.3 is 6.03 Å². The molecule has 0 saturated carbocycles. The number of hydrogen-bond acceptors (Lipinski definition) is 3. The van der Waals surface area contributed by atoms with Gasteiger partial charge in [-0.2, -0.15) is 0 Å². The molecule has 2 aliphatic heterocycles. The SMILES string of the molecule is Cc1cc(NC(=O)N2CCC(N3CC=CC3)CC2)c2ncccc2c1. The number of aryl methyl sites for hydroxylation is 1. The van der Waals surface area contributed by atoms with E-state index in [2.05, 4.69) is 33.4 Å². The highest BCUT2D eigenvalue weighted by Crippen LogP contribution is 2.24. The van der Waals surface area contributed by atoms with E-state index in [0.717, 1.165) is 61.2 Å². The third-order valence-corrected chi connectivity index (χ3v) is 5.21. The van der Waals surface area contributed by atoms with Gasteiger partial charge in [-0.15, -0.1) is 0 Å². The Morgan fingerprint density at radius 1 is 1.20 bits per heavy atom. The van der Waals surface area contributed by atoms with Crippen LogP contribution in [-0.2, 0) is 0 Å². The number of pyridine rings is 1. The normalized spacial score (nSPS) is 18.8. The van der Waals surface area contributed by atoms with E-state index >= 15 is 0 Å². The molecule has 0 aliphatic carbocycles. The first-order valence-corrected chi connectivity index (χ1v) is 9.01. The number of nitrogens with zero attached hydrogens (tertiary/aromatic N) is 3. The van der Waals surface area contributed by atoms with Gasteiger partial charge in [0.05, 0.1) is 11.2 Å². The van der Waals surface area contributed by atoms with Crippen LogP contribution in [0.1, 0.15) is 18.4 Å². The molecule has 130 valence electrons. The second-order valence-corrected chi connectivity index (χ2v) is 6.96.